The molecule has 4 rings (SSSR count). The van der Waals surface area contributed by atoms with Crippen LogP contribution >= 0.6 is 11.6 Å². The molecule has 6 heteroatoms. The molecular formula is C20H22ClN3O2. The van der Waals surface area contributed by atoms with Gasteiger partial charge in [0.1, 0.15) is 11.9 Å². The predicted molar refractivity (Wildman–Crippen MR) is 100 cm³/mol. The van der Waals surface area contributed by atoms with Crippen LogP contribution in [0.1, 0.15) is 31.2 Å². The van der Waals surface area contributed by atoms with Gasteiger partial charge < -0.3 is 15.0 Å². The molecule has 1 aromatic carbocycles. The molecule has 2 saturated heterocycles. The van der Waals surface area contributed by atoms with Crippen molar-refractivity contribution in [2.75, 3.05) is 0 Å². The van der Waals surface area contributed by atoms with E-state index in [4.69, 9.17) is 16.3 Å². The number of amides is 2. The van der Waals surface area contributed by atoms with E-state index < -0.39 is 0 Å². The van der Waals surface area contributed by atoms with Crippen molar-refractivity contribution in [3.05, 3.63) is 59.4 Å². The number of carbonyl (C=O) groups is 1. The molecular weight excluding hydrogens is 350 g/mol. The van der Waals surface area contributed by atoms with Gasteiger partial charge in [0.15, 0.2) is 0 Å². The standard InChI is InChI=1S/C20H22ClN3O2/c21-15-5-3-14(4-6-15)12-23-20(25)24-16-7-8-17(24)11-19(10-16)26-18-2-1-9-22-13-18/h1-6,9,13,16-17,19H,7-8,10-12H2,(H,23,25)/t16-,17-/m0/s1. The predicted octanol–water partition coefficient (Wildman–Crippen LogP) is 4.02. The third-order valence-corrected chi connectivity index (χ3v) is 5.47. The van der Waals surface area contributed by atoms with Gasteiger partial charge in [-0.1, -0.05) is 23.7 Å². The minimum atomic E-state index is 0.0206. The number of aromatic nitrogens is 1. The summed E-state index contributed by atoms with van der Waals surface area (Å²) in [5, 5.41) is 3.75. The second kappa shape index (κ2) is 7.54. The summed E-state index contributed by atoms with van der Waals surface area (Å²) in [7, 11) is 0. The summed E-state index contributed by atoms with van der Waals surface area (Å²) < 4.78 is 6.07. The minimum absolute atomic E-state index is 0.0206. The summed E-state index contributed by atoms with van der Waals surface area (Å²) in [4.78, 5) is 18.8. The van der Waals surface area contributed by atoms with Crippen LogP contribution in [0.2, 0.25) is 5.02 Å². The molecule has 0 radical (unpaired) electrons. The van der Waals surface area contributed by atoms with Crippen LogP contribution in [0, 0.1) is 0 Å². The van der Waals surface area contributed by atoms with Crippen molar-refractivity contribution < 1.29 is 9.53 Å². The molecule has 3 heterocycles. The Morgan fingerprint density at radius 1 is 1.19 bits per heavy atom. The first-order valence-corrected chi connectivity index (χ1v) is 9.44. The van der Waals surface area contributed by atoms with Gasteiger partial charge in [0.25, 0.3) is 0 Å². The largest absolute Gasteiger partial charge is 0.489 e. The topological polar surface area (TPSA) is 54.5 Å². The lowest BCUT2D eigenvalue weighted by Gasteiger charge is -2.38. The SMILES string of the molecule is O=C(NCc1ccc(Cl)cc1)N1[C@H]2CC[C@H]1CC(Oc1cccnc1)C2. The van der Waals surface area contributed by atoms with E-state index >= 15 is 0 Å². The van der Waals surface area contributed by atoms with E-state index in [0.717, 1.165) is 37.0 Å². The van der Waals surface area contributed by atoms with E-state index in [1.54, 1.807) is 12.4 Å². The first kappa shape index (κ1) is 17.2. The van der Waals surface area contributed by atoms with Crippen LogP contribution in [-0.2, 0) is 6.54 Å². The van der Waals surface area contributed by atoms with Crippen LogP contribution in [0.5, 0.6) is 5.75 Å². The number of carbonyl (C=O) groups excluding carboxylic acids is 1. The van der Waals surface area contributed by atoms with E-state index in [1.807, 2.05) is 41.3 Å². The zero-order valence-corrected chi connectivity index (χ0v) is 15.2. The van der Waals surface area contributed by atoms with Crippen molar-refractivity contribution in [2.45, 2.75) is 50.4 Å². The Kier molecular flexibility index (Phi) is 4.98. The molecule has 0 spiro atoms. The Morgan fingerprint density at radius 2 is 1.92 bits per heavy atom. The maximum Gasteiger partial charge on any atom is 0.318 e. The zero-order chi connectivity index (χ0) is 17.9. The number of nitrogens with one attached hydrogen (secondary N) is 1. The molecule has 0 saturated carbocycles. The van der Waals surface area contributed by atoms with Crippen LogP contribution < -0.4 is 10.1 Å². The van der Waals surface area contributed by atoms with Gasteiger partial charge in [-0.25, -0.2) is 4.79 Å². The van der Waals surface area contributed by atoms with Gasteiger partial charge in [-0.05, 0) is 42.7 Å². The monoisotopic (exact) mass is 371 g/mol. The normalized spacial score (nSPS) is 24.3. The second-order valence-electron chi connectivity index (χ2n) is 6.98. The highest BCUT2D eigenvalue weighted by Crippen LogP contribution is 2.37. The molecule has 2 atom stereocenters. The first-order valence-electron chi connectivity index (χ1n) is 9.06. The van der Waals surface area contributed by atoms with Gasteiger partial charge in [0, 0.05) is 42.7 Å². The number of hydrogen-bond donors (Lipinski definition) is 1. The highest BCUT2D eigenvalue weighted by Gasteiger charge is 2.44. The summed E-state index contributed by atoms with van der Waals surface area (Å²) in [6, 6.07) is 11.9. The molecule has 1 aromatic heterocycles. The fourth-order valence-corrected chi connectivity index (χ4v) is 4.16. The van der Waals surface area contributed by atoms with E-state index in [2.05, 4.69) is 10.3 Å². The summed E-state index contributed by atoms with van der Waals surface area (Å²) in [6.07, 6.45) is 7.48. The first-order chi connectivity index (χ1) is 12.7. The number of benzene rings is 1. The van der Waals surface area contributed by atoms with Gasteiger partial charge in [0.2, 0.25) is 0 Å². The Bertz CT molecular complexity index is 739. The highest BCUT2D eigenvalue weighted by atomic mass is 35.5. The summed E-state index contributed by atoms with van der Waals surface area (Å²) in [5.74, 6) is 0.803. The smallest absolute Gasteiger partial charge is 0.318 e. The number of pyridine rings is 1. The Morgan fingerprint density at radius 3 is 2.58 bits per heavy atom. The molecule has 2 fully saturated rings. The number of urea groups is 1. The molecule has 5 nitrogen and oxygen atoms in total. The van der Waals surface area contributed by atoms with Crippen LogP contribution in [0.3, 0.4) is 0 Å². The molecule has 2 bridgehead atoms. The Hall–Kier alpha value is -2.27. The number of nitrogens with zero attached hydrogens (tertiary/aromatic N) is 2. The van der Waals surface area contributed by atoms with Crippen molar-refractivity contribution in [3.63, 3.8) is 0 Å². The molecule has 2 aliphatic rings. The molecule has 0 aliphatic carbocycles. The highest BCUT2D eigenvalue weighted by molar-refractivity contribution is 6.30. The van der Waals surface area contributed by atoms with Crippen molar-refractivity contribution in [2.24, 2.45) is 0 Å². The number of hydrogen-bond acceptors (Lipinski definition) is 3. The average molecular weight is 372 g/mol. The van der Waals surface area contributed by atoms with Gasteiger partial charge in [-0.3, -0.25) is 4.98 Å². The molecule has 1 N–H and O–H groups in total. The lowest BCUT2D eigenvalue weighted by Crippen LogP contribution is -2.52. The van der Waals surface area contributed by atoms with Gasteiger partial charge in [-0.2, -0.15) is 0 Å². The number of piperidine rings is 1. The van der Waals surface area contributed by atoms with E-state index in [1.165, 1.54) is 0 Å². The second-order valence-corrected chi connectivity index (χ2v) is 7.41. The Labute approximate surface area is 158 Å². The fraction of sp³-hybridized carbons (Fsp3) is 0.400. The van der Waals surface area contributed by atoms with Crippen molar-refractivity contribution >= 4 is 17.6 Å². The van der Waals surface area contributed by atoms with Gasteiger partial charge in [-0.15, -0.1) is 0 Å². The third kappa shape index (κ3) is 3.78. The van der Waals surface area contributed by atoms with Crippen molar-refractivity contribution in [3.8, 4) is 5.75 Å². The molecule has 0 unspecified atom stereocenters. The van der Waals surface area contributed by atoms with E-state index in [0.29, 0.717) is 11.6 Å². The molecule has 2 aromatic rings. The number of ether oxygens (including phenoxy) is 1. The van der Waals surface area contributed by atoms with Crippen LogP contribution in [0.4, 0.5) is 4.79 Å². The maximum absolute atomic E-state index is 12.7. The number of halogens is 1. The quantitative estimate of drug-likeness (QED) is 0.883. The zero-order valence-electron chi connectivity index (χ0n) is 14.5. The average Bonchev–Trinajstić information content (AvgIpc) is 2.93. The maximum atomic E-state index is 12.7. The number of rotatable bonds is 4. The van der Waals surface area contributed by atoms with Crippen molar-refractivity contribution in [1.29, 1.82) is 0 Å². The lowest BCUT2D eigenvalue weighted by atomic mass is 10.00. The van der Waals surface area contributed by atoms with Gasteiger partial charge in [0.05, 0.1) is 6.20 Å². The van der Waals surface area contributed by atoms with E-state index in [-0.39, 0.29) is 24.2 Å². The van der Waals surface area contributed by atoms with Crippen LogP contribution in [0.15, 0.2) is 48.8 Å². The Balaban J connectivity index is 1.34. The molecule has 2 amide bonds. The lowest BCUT2D eigenvalue weighted by molar-refractivity contribution is 0.0684. The van der Waals surface area contributed by atoms with Gasteiger partial charge >= 0.3 is 6.03 Å². The van der Waals surface area contributed by atoms with Crippen LogP contribution in [-0.4, -0.2) is 34.1 Å². The van der Waals surface area contributed by atoms with E-state index in [9.17, 15) is 4.79 Å². The van der Waals surface area contributed by atoms with Crippen LogP contribution in [0.25, 0.3) is 0 Å². The fourth-order valence-electron chi connectivity index (χ4n) is 4.04. The molecule has 2 aliphatic heterocycles. The third-order valence-electron chi connectivity index (χ3n) is 5.22. The minimum Gasteiger partial charge on any atom is -0.489 e. The number of fused-ring (bicyclic) bond motifs is 2. The summed E-state index contributed by atoms with van der Waals surface area (Å²) in [5.41, 5.74) is 1.05. The molecule has 136 valence electrons. The molecule has 26 heavy (non-hydrogen) atoms. The summed E-state index contributed by atoms with van der Waals surface area (Å²) >= 11 is 5.90. The van der Waals surface area contributed by atoms with Crippen molar-refractivity contribution in [1.82, 2.24) is 15.2 Å². The summed E-state index contributed by atoms with van der Waals surface area (Å²) in [6.45, 7) is 0.515.